The minimum atomic E-state index is -0.611. The molecular weight excluding hydrogens is 232 g/mol. The molecule has 18 heavy (non-hydrogen) atoms. The third kappa shape index (κ3) is 2.77. The summed E-state index contributed by atoms with van der Waals surface area (Å²) in [7, 11) is 0. The number of hydrogen-bond donors (Lipinski definition) is 2. The van der Waals surface area contributed by atoms with Gasteiger partial charge in [-0.05, 0) is 31.9 Å². The summed E-state index contributed by atoms with van der Waals surface area (Å²) >= 11 is 0. The summed E-state index contributed by atoms with van der Waals surface area (Å²) in [5, 5.41) is 2.68. The summed E-state index contributed by atoms with van der Waals surface area (Å²) in [6.45, 7) is 2.59. The standard InChI is InChI=1S/C12H16N4O2/c1-2-16(8-6-7-8)12(18)15-10-5-3-4-9(14-10)11(13)17/h3-5,8H,2,6-7H2,1H3,(H2,13,17)(H,14,15,18). The fourth-order valence-electron chi connectivity index (χ4n) is 1.78. The van der Waals surface area contributed by atoms with Crippen molar-refractivity contribution in [1.29, 1.82) is 0 Å². The second-order valence-electron chi connectivity index (χ2n) is 4.22. The zero-order valence-electron chi connectivity index (χ0n) is 10.2. The van der Waals surface area contributed by atoms with Crippen molar-refractivity contribution in [3.8, 4) is 0 Å². The minimum absolute atomic E-state index is 0.141. The van der Waals surface area contributed by atoms with E-state index in [-0.39, 0.29) is 11.7 Å². The van der Waals surface area contributed by atoms with Crippen molar-refractivity contribution >= 4 is 17.8 Å². The Labute approximate surface area is 105 Å². The van der Waals surface area contributed by atoms with E-state index in [0.29, 0.717) is 18.4 Å². The van der Waals surface area contributed by atoms with E-state index in [0.717, 1.165) is 12.8 Å². The van der Waals surface area contributed by atoms with E-state index in [2.05, 4.69) is 10.3 Å². The summed E-state index contributed by atoms with van der Waals surface area (Å²) in [5.41, 5.74) is 5.27. The Bertz CT molecular complexity index is 471. The van der Waals surface area contributed by atoms with Gasteiger partial charge in [-0.15, -0.1) is 0 Å². The molecule has 0 atom stereocenters. The molecule has 0 spiro atoms. The zero-order chi connectivity index (χ0) is 13.1. The van der Waals surface area contributed by atoms with Gasteiger partial charge in [-0.25, -0.2) is 9.78 Å². The minimum Gasteiger partial charge on any atom is -0.364 e. The fourth-order valence-corrected chi connectivity index (χ4v) is 1.78. The highest BCUT2D eigenvalue weighted by Crippen LogP contribution is 2.26. The Morgan fingerprint density at radius 3 is 2.78 bits per heavy atom. The number of aromatic nitrogens is 1. The molecule has 6 heteroatoms. The van der Waals surface area contributed by atoms with Crippen LogP contribution in [0.3, 0.4) is 0 Å². The van der Waals surface area contributed by atoms with Crippen LogP contribution in [-0.2, 0) is 0 Å². The van der Waals surface area contributed by atoms with Crippen molar-refractivity contribution in [3.63, 3.8) is 0 Å². The number of carbonyl (C=O) groups is 2. The van der Waals surface area contributed by atoms with Gasteiger partial charge in [0.15, 0.2) is 0 Å². The predicted octanol–water partition coefficient (Wildman–Crippen LogP) is 1.20. The van der Waals surface area contributed by atoms with Crippen LogP contribution in [0.15, 0.2) is 18.2 Å². The molecule has 2 rings (SSSR count). The normalized spacial score (nSPS) is 14.1. The van der Waals surface area contributed by atoms with E-state index >= 15 is 0 Å². The quantitative estimate of drug-likeness (QED) is 0.839. The predicted molar refractivity (Wildman–Crippen MR) is 67.2 cm³/mol. The van der Waals surface area contributed by atoms with Crippen LogP contribution in [0.5, 0.6) is 0 Å². The number of nitrogens with zero attached hydrogens (tertiary/aromatic N) is 2. The lowest BCUT2D eigenvalue weighted by molar-refractivity contribution is 0.0995. The molecule has 1 heterocycles. The largest absolute Gasteiger partial charge is 0.364 e. The van der Waals surface area contributed by atoms with Gasteiger partial charge >= 0.3 is 6.03 Å². The first-order valence-corrected chi connectivity index (χ1v) is 5.96. The third-order valence-corrected chi connectivity index (χ3v) is 2.83. The summed E-state index contributed by atoms with van der Waals surface area (Å²) in [6.07, 6.45) is 2.10. The molecule has 0 bridgehead atoms. The molecule has 1 aromatic heterocycles. The molecule has 6 nitrogen and oxygen atoms in total. The van der Waals surface area contributed by atoms with Gasteiger partial charge in [0.05, 0.1) is 0 Å². The Morgan fingerprint density at radius 2 is 2.22 bits per heavy atom. The van der Waals surface area contributed by atoms with Crippen LogP contribution in [0.2, 0.25) is 0 Å². The van der Waals surface area contributed by atoms with Gasteiger partial charge in [0.25, 0.3) is 5.91 Å². The van der Waals surface area contributed by atoms with Gasteiger partial charge < -0.3 is 10.6 Å². The maximum Gasteiger partial charge on any atom is 0.323 e. The Balaban J connectivity index is 2.06. The molecule has 3 N–H and O–H groups in total. The average molecular weight is 248 g/mol. The SMILES string of the molecule is CCN(C(=O)Nc1cccc(C(N)=O)n1)C1CC1. The van der Waals surface area contributed by atoms with Crippen LogP contribution >= 0.6 is 0 Å². The molecule has 1 aromatic rings. The lowest BCUT2D eigenvalue weighted by Gasteiger charge is -2.20. The highest BCUT2D eigenvalue weighted by Gasteiger charge is 2.31. The fraction of sp³-hybridized carbons (Fsp3) is 0.417. The first-order chi connectivity index (χ1) is 8.61. The number of primary amides is 1. The number of urea groups is 1. The molecule has 1 fully saturated rings. The van der Waals surface area contributed by atoms with Crippen LogP contribution < -0.4 is 11.1 Å². The summed E-state index contributed by atoms with van der Waals surface area (Å²) in [6, 6.07) is 4.93. The van der Waals surface area contributed by atoms with Crippen LogP contribution in [0, 0.1) is 0 Å². The zero-order valence-corrected chi connectivity index (χ0v) is 10.2. The number of pyridine rings is 1. The number of carbonyl (C=O) groups excluding carboxylic acids is 2. The van der Waals surface area contributed by atoms with Gasteiger partial charge in [-0.1, -0.05) is 6.07 Å². The molecule has 1 saturated carbocycles. The van der Waals surface area contributed by atoms with E-state index in [1.54, 1.807) is 17.0 Å². The molecule has 1 aliphatic carbocycles. The molecular formula is C12H16N4O2. The summed E-state index contributed by atoms with van der Waals surface area (Å²) in [5.74, 6) is -0.268. The van der Waals surface area contributed by atoms with Gasteiger partial charge in [0.2, 0.25) is 0 Å². The maximum atomic E-state index is 12.0. The summed E-state index contributed by atoms with van der Waals surface area (Å²) < 4.78 is 0. The van der Waals surface area contributed by atoms with Crippen molar-refractivity contribution in [3.05, 3.63) is 23.9 Å². The van der Waals surface area contributed by atoms with Gasteiger partial charge in [-0.3, -0.25) is 10.1 Å². The third-order valence-electron chi connectivity index (χ3n) is 2.83. The first-order valence-electron chi connectivity index (χ1n) is 5.96. The number of hydrogen-bond acceptors (Lipinski definition) is 3. The molecule has 0 saturated heterocycles. The van der Waals surface area contributed by atoms with Crippen molar-refractivity contribution < 1.29 is 9.59 Å². The Morgan fingerprint density at radius 1 is 1.50 bits per heavy atom. The van der Waals surface area contributed by atoms with E-state index in [4.69, 9.17) is 5.73 Å². The van der Waals surface area contributed by atoms with Gasteiger partial charge in [-0.2, -0.15) is 0 Å². The number of anilines is 1. The van der Waals surface area contributed by atoms with Crippen molar-refractivity contribution in [2.75, 3.05) is 11.9 Å². The molecule has 0 radical (unpaired) electrons. The lowest BCUT2D eigenvalue weighted by Crippen LogP contribution is -2.36. The highest BCUT2D eigenvalue weighted by atomic mass is 16.2. The average Bonchev–Trinajstić information content (AvgIpc) is 3.14. The van der Waals surface area contributed by atoms with Crippen LogP contribution in [0.1, 0.15) is 30.3 Å². The smallest absolute Gasteiger partial charge is 0.323 e. The summed E-state index contributed by atoms with van der Waals surface area (Å²) in [4.78, 5) is 28.7. The first kappa shape index (κ1) is 12.3. The second-order valence-corrected chi connectivity index (χ2v) is 4.22. The van der Waals surface area contributed by atoms with Crippen LogP contribution in [-0.4, -0.2) is 34.4 Å². The van der Waals surface area contributed by atoms with E-state index in [1.165, 1.54) is 6.07 Å². The molecule has 3 amide bonds. The van der Waals surface area contributed by atoms with Gasteiger partial charge in [0.1, 0.15) is 11.5 Å². The number of nitrogens with two attached hydrogens (primary N) is 1. The van der Waals surface area contributed by atoms with Crippen molar-refractivity contribution in [1.82, 2.24) is 9.88 Å². The number of nitrogens with one attached hydrogen (secondary N) is 1. The second kappa shape index (κ2) is 5.03. The lowest BCUT2D eigenvalue weighted by atomic mass is 10.3. The van der Waals surface area contributed by atoms with Crippen molar-refractivity contribution in [2.45, 2.75) is 25.8 Å². The topological polar surface area (TPSA) is 88.3 Å². The number of rotatable bonds is 4. The molecule has 0 aliphatic heterocycles. The van der Waals surface area contributed by atoms with Gasteiger partial charge in [0, 0.05) is 12.6 Å². The Hall–Kier alpha value is -2.11. The molecule has 0 unspecified atom stereocenters. The molecule has 0 aromatic carbocycles. The highest BCUT2D eigenvalue weighted by molar-refractivity contribution is 5.92. The monoisotopic (exact) mass is 248 g/mol. The van der Waals surface area contributed by atoms with Crippen molar-refractivity contribution in [2.24, 2.45) is 5.73 Å². The molecule has 96 valence electrons. The van der Waals surface area contributed by atoms with E-state index in [1.807, 2.05) is 6.92 Å². The van der Waals surface area contributed by atoms with Crippen LogP contribution in [0.25, 0.3) is 0 Å². The number of amides is 3. The molecule has 1 aliphatic rings. The maximum absolute atomic E-state index is 12.0. The van der Waals surface area contributed by atoms with Crippen LogP contribution in [0.4, 0.5) is 10.6 Å². The Kier molecular flexibility index (Phi) is 3.45. The van der Waals surface area contributed by atoms with E-state index in [9.17, 15) is 9.59 Å². The van der Waals surface area contributed by atoms with E-state index < -0.39 is 5.91 Å².